The lowest BCUT2D eigenvalue weighted by molar-refractivity contribution is 0.0802. The van der Waals surface area contributed by atoms with Gasteiger partial charge in [0.15, 0.2) is 5.82 Å². The first-order valence-electron chi connectivity index (χ1n) is 12.6. The van der Waals surface area contributed by atoms with Gasteiger partial charge in [-0.2, -0.15) is 9.19 Å². The molecule has 3 aromatic rings. The fourth-order valence-corrected chi connectivity index (χ4v) is 8.23. The van der Waals surface area contributed by atoms with Gasteiger partial charge in [-0.05, 0) is 62.1 Å². The largest absolute Gasteiger partial charge is 0.332 e. The van der Waals surface area contributed by atoms with E-state index < -0.39 is 26.0 Å². The van der Waals surface area contributed by atoms with E-state index in [0.29, 0.717) is 54.1 Å². The number of rotatable bonds is 5. The number of fused-ring (bicyclic) bond motifs is 2. The van der Waals surface area contributed by atoms with Crippen molar-refractivity contribution >= 4 is 21.9 Å². The molecule has 1 unspecified atom stereocenters. The summed E-state index contributed by atoms with van der Waals surface area (Å²) in [6, 6.07) is 5.62. The normalized spacial score (nSPS) is 24.8. The molecule has 0 saturated carbocycles. The first-order chi connectivity index (χ1) is 18.2. The quantitative estimate of drug-likeness (QED) is 0.504. The number of piperidine rings is 1. The monoisotopic (exact) mass is 533 g/mol. The van der Waals surface area contributed by atoms with Gasteiger partial charge >= 0.3 is 0 Å². The minimum Gasteiger partial charge on any atom is -0.332 e. The van der Waals surface area contributed by atoms with E-state index in [1.165, 1.54) is 24.3 Å². The third-order valence-electron chi connectivity index (χ3n) is 8.23. The van der Waals surface area contributed by atoms with Gasteiger partial charge in [0.25, 0.3) is 10.0 Å². The third kappa shape index (κ3) is 3.36. The van der Waals surface area contributed by atoms with Crippen LogP contribution in [0.25, 0.3) is 6.08 Å². The van der Waals surface area contributed by atoms with Crippen molar-refractivity contribution in [2.24, 2.45) is 12.5 Å². The Morgan fingerprint density at radius 2 is 2.00 bits per heavy atom. The topological polar surface area (TPSA) is 98.9 Å². The zero-order valence-electron chi connectivity index (χ0n) is 21.2. The van der Waals surface area contributed by atoms with Gasteiger partial charge < -0.3 is 9.88 Å². The van der Waals surface area contributed by atoms with Crippen molar-refractivity contribution in [1.29, 1.82) is 0 Å². The van der Waals surface area contributed by atoms with E-state index in [2.05, 4.69) is 15.4 Å². The van der Waals surface area contributed by atoms with E-state index in [1.807, 2.05) is 18.2 Å². The molecule has 10 heteroatoms. The first kappa shape index (κ1) is 24.7. The van der Waals surface area contributed by atoms with Crippen molar-refractivity contribution in [2.45, 2.75) is 30.9 Å². The zero-order valence-corrected chi connectivity index (χ0v) is 22.0. The Morgan fingerprint density at radius 3 is 2.71 bits per heavy atom. The van der Waals surface area contributed by atoms with Gasteiger partial charge in [-0.3, -0.25) is 4.79 Å². The minimum absolute atomic E-state index is 0.0938. The highest BCUT2D eigenvalue weighted by Gasteiger charge is 2.52. The summed E-state index contributed by atoms with van der Waals surface area (Å²) < 4.78 is 44.3. The number of halogens is 1. The van der Waals surface area contributed by atoms with E-state index in [0.717, 1.165) is 9.66 Å². The predicted molar refractivity (Wildman–Crippen MR) is 141 cm³/mol. The number of nitrogens with one attached hydrogen (secondary N) is 1. The highest BCUT2D eigenvalue weighted by molar-refractivity contribution is 7.91. The summed E-state index contributed by atoms with van der Waals surface area (Å²) >= 11 is 0. The van der Waals surface area contributed by atoms with E-state index in [-0.39, 0.29) is 12.2 Å². The van der Waals surface area contributed by atoms with E-state index in [1.54, 1.807) is 43.2 Å². The van der Waals surface area contributed by atoms with Crippen LogP contribution in [0.5, 0.6) is 0 Å². The SMILES string of the molecule is CC1=CC=CCC1(c1ccc(F)cc1)S(=O)(=O)n1ncc2c1C=C1CCNC[C@@]1(C(=O)c1nccn1C)C2. The molecule has 3 aliphatic rings. The number of ketones is 1. The lowest BCUT2D eigenvalue weighted by atomic mass is 9.66. The molecular formula is C28H28FN5O3S. The Bertz CT molecular complexity index is 1650. The molecule has 0 radical (unpaired) electrons. The molecule has 3 heterocycles. The molecule has 2 aromatic heterocycles. The number of carbonyl (C=O) groups is 1. The number of aromatic nitrogens is 4. The second-order valence-corrected chi connectivity index (χ2v) is 12.3. The van der Waals surface area contributed by atoms with Gasteiger partial charge in [-0.1, -0.05) is 35.9 Å². The van der Waals surface area contributed by atoms with Crippen LogP contribution in [0, 0.1) is 11.2 Å². The summed E-state index contributed by atoms with van der Waals surface area (Å²) in [5.74, 6) is -0.160. The Morgan fingerprint density at radius 1 is 1.21 bits per heavy atom. The fourth-order valence-electron chi connectivity index (χ4n) is 6.12. The second-order valence-electron chi connectivity index (χ2n) is 10.3. The van der Waals surface area contributed by atoms with Crippen molar-refractivity contribution in [3.8, 4) is 0 Å². The van der Waals surface area contributed by atoms with Gasteiger partial charge in [0, 0.05) is 31.5 Å². The number of imidazole rings is 1. The molecule has 1 aliphatic heterocycles. The number of hydrogen-bond donors (Lipinski definition) is 1. The maximum atomic E-state index is 14.6. The van der Waals surface area contributed by atoms with Crippen molar-refractivity contribution in [3.05, 3.63) is 101 Å². The molecule has 1 saturated heterocycles. The highest BCUT2D eigenvalue weighted by Crippen LogP contribution is 2.47. The average molecular weight is 534 g/mol. The lowest BCUT2D eigenvalue weighted by Gasteiger charge is -2.41. The number of allylic oxidation sites excluding steroid dienone is 3. The first-order valence-corrected chi connectivity index (χ1v) is 14.0. The molecule has 38 heavy (non-hydrogen) atoms. The van der Waals surface area contributed by atoms with Crippen molar-refractivity contribution < 1.29 is 17.6 Å². The van der Waals surface area contributed by atoms with Gasteiger partial charge in [-0.25, -0.2) is 17.8 Å². The Labute approximate surface area is 220 Å². The molecule has 2 aliphatic carbocycles. The molecule has 8 nitrogen and oxygen atoms in total. The number of carbonyl (C=O) groups excluding carboxylic acids is 1. The van der Waals surface area contributed by atoms with Crippen molar-refractivity contribution in [3.63, 3.8) is 0 Å². The molecule has 196 valence electrons. The molecule has 1 aromatic carbocycles. The zero-order chi connectivity index (χ0) is 26.7. The third-order valence-corrected chi connectivity index (χ3v) is 10.6. The number of Topliss-reactive ketones (excluding diaryl/α,β-unsaturated/α-hetero) is 1. The molecule has 6 rings (SSSR count). The summed E-state index contributed by atoms with van der Waals surface area (Å²) in [6.45, 7) is 2.90. The van der Waals surface area contributed by atoms with Crippen LogP contribution in [0.4, 0.5) is 4.39 Å². The standard InChI is InChI=1S/C28H28FN5O3S/c1-19-5-3-4-11-28(19,21-6-8-23(29)9-7-21)38(36,37)34-24-15-22-10-12-30-18-27(22,16-20(24)17-32-34)25(35)26-31-13-14-33(26)2/h3-9,13-15,17,30H,10-12,16,18H2,1-2H3/t27-,28?/m0/s1. The Kier molecular flexibility index (Phi) is 5.66. The Hall–Kier alpha value is -3.63. The summed E-state index contributed by atoms with van der Waals surface area (Å²) in [5, 5.41) is 7.76. The summed E-state index contributed by atoms with van der Waals surface area (Å²) in [4.78, 5) is 18.1. The van der Waals surface area contributed by atoms with Gasteiger partial charge in [-0.15, -0.1) is 0 Å². The Balaban J connectivity index is 1.50. The second kappa shape index (κ2) is 8.71. The number of nitrogens with zero attached hydrogens (tertiary/aromatic N) is 4. The minimum atomic E-state index is -4.16. The van der Waals surface area contributed by atoms with Gasteiger partial charge in [0.05, 0.1) is 17.3 Å². The van der Waals surface area contributed by atoms with Crippen LogP contribution in [-0.4, -0.2) is 46.0 Å². The van der Waals surface area contributed by atoms with Crippen molar-refractivity contribution in [2.75, 3.05) is 13.1 Å². The van der Waals surface area contributed by atoms with Gasteiger partial charge in [0.2, 0.25) is 5.78 Å². The van der Waals surface area contributed by atoms with Crippen LogP contribution in [0.1, 0.15) is 47.2 Å². The van der Waals surface area contributed by atoms with Crippen molar-refractivity contribution in [1.82, 2.24) is 24.1 Å². The molecule has 1 fully saturated rings. The molecule has 0 spiro atoms. The van der Waals surface area contributed by atoms with Crippen LogP contribution in [0.15, 0.2) is 72.2 Å². The smallest absolute Gasteiger partial charge is 0.268 e. The van der Waals surface area contributed by atoms with Gasteiger partial charge in [0.1, 0.15) is 10.6 Å². The number of aryl methyl sites for hydroxylation is 1. The van der Waals surface area contributed by atoms with Crippen LogP contribution >= 0.6 is 0 Å². The number of benzene rings is 1. The van der Waals surface area contributed by atoms with E-state index in [4.69, 9.17) is 0 Å². The molecule has 0 bridgehead atoms. The van der Waals surface area contributed by atoms with E-state index >= 15 is 0 Å². The molecular weight excluding hydrogens is 505 g/mol. The van der Waals surface area contributed by atoms with E-state index in [9.17, 15) is 17.6 Å². The fraction of sp³-hybridized carbons (Fsp3) is 0.321. The molecule has 0 amide bonds. The van der Waals surface area contributed by atoms with Crippen LogP contribution < -0.4 is 5.32 Å². The maximum Gasteiger partial charge on any atom is 0.268 e. The van der Waals surface area contributed by atoms with Crippen LogP contribution in [0.2, 0.25) is 0 Å². The molecule has 2 atom stereocenters. The predicted octanol–water partition coefficient (Wildman–Crippen LogP) is 3.54. The summed E-state index contributed by atoms with van der Waals surface area (Å²) in [7, 11) is -2.37. The lowest BCUT2D eigenvalue weighted by Crippen LogP contribution is -2.50. The summed E-state index contributed by atoms with van der Waals surface area (Å²) in [6.07, 6.45) is 13.3. The van der Waals surface area contributed by atoms with Crippen LogP contribution in [-0.2, 0) is 28.2 Å². The highest BCUT2D eigenvalue weighted by atomic mass is 32.2. The molecule has 1 N–H and O–H groups in total. The van der Waals surface area contributed by atoms with Crippen LogP contribution in [0.3, 0.4) is 0 Å². The number of hydrogen-bond acceptors (Lipinski definition) is 6. The summed E-state index contributed by atoms with van der Waals surface area (Å²) in [5.41, 5.74) is 2.27. The maximum absolute atomic E-state index is 14.6. The average Bonchev–Trinajstić information content (AvgIpc) is 3.53.